The van der Waals surface area contributed by atoms with Gasteiger partial charge < -0.3 is 9.42 Å². The molecule has 4 heterocycles. The number of nitrogens with zero attached hydrogens (tertiary/aromatic N) is 6. The van der Waals surface area contributed by atoms with E-state index in [1.165, 1.54) is 6.20 Å². The minimum absolute atomic E-state index is 0.277. The highest BCUT2D eigenvalue weighted by atomic mass is 32.2. The van der Waals surface area contributed by atoms with Crippen LogP contribution < -0.4 is 4.90 Å². The number of aromatic nitrogens is 3. The molecule has 2 fully saturated rings. The number of aryl methyl sites for hydroxylation is 1. The van der Waals surface area contributed by atoms with Crippen molar-refractivity contribution in [2.45, 2.75) is 31.2 Å². The predicted molar refractivity (Wildman–Crippen MR) is 98.8 cm³/mol. The Morgan fingerprint density at radius 3 is 2.41 bits per heavy atom. The summed E-state index contributed by atoms with van der Waals surface area (Å²) in [7, 11) is -3.41. The van der Waals surface area contributed by atoms with E-state index in [0.29, 0.717) is 31.3 Å². The lowest BCUT2D eigenvalue weighted by Gasteiger charge is -2.34. The lowest BCUT2D eigenvalue weighted by atomic mass is 10.3. The highest BCUT2D eigenvalue weighted by molar-refractivity contribution is 7.89. The summed E-state index contributed by atoms with van der Waals surface area (Å²) >= 11 is 0. The van der Waals surface area contributed by atoms with E-state index >= 15 is 0 Å². The Bertz CT molecular complexity index is 868. The molecular formula is C17H24N6O3S. The Morgan fingerprint density at radius 1 is 1.07 bits per heavy atom. The van der Waals surface area contributed by atoms with Crippen LogP contribution in [-0.4, -0.2) is 72.0 Å². The SMILES string of the molecule is Cc1nc(CN2CCN(c3ccc(S(=O)(=O)N4CCCC4)cn3)CC2)no1. The zero-order valence-electron chi connectivity index (χ0n) is 15.4. The fraction of sp³-hybridized carbons (Fsp3) is 0.588. The third-order valence-electron chi connectivity index (χ3n) is 5.05. The fourth-order valence-corrected chi connectivity index (χ4v) is 4.99. The first-order valence-corrected chi connectivity index (χ1v) is 10.7. The van der Waals surface area contributed by atoms with E-state index in [1.807, 2.05) is 0 Å². The van der Waals surface area contributed by atoms with Crippen molar-refractivity contribution in [1.82, 2.24) is 24.3 Å². The Kier molecular flexibility index (Phi) is 5.11. The van der Waals surface area contributed by atoms with Gasteiger partial charge in [0.2, 0.25) is 15.9 Å². The fourth-order valence-electron chi connectivity index (χ4n) is 3.53. The van der Waals surface area contributed by atoms with Crippen LogP contribution in [0.1, 0.15) is 24.6 Å². The van der Waals surface area contributed by atoms with Crippen LogP contribution in [0.15, 0.2) is 27.7 Å². The summed E-state index contributed by atoms with van der Waals surface area (Å²) in [6, 6.07) is 3.48. The van der Waals surface area contributed by atoms with Crippen molar-refractivity contribution in [3.8, 4) is 0 Å². The number of hydrogen-bond acceptors (Lipinski definition) is 8. The smallest absolute Gasteiger partial charge is 0.244 e. The van der Waals surface area contributed by atoms with E-state index in [0.717, 1.165) is 44.8 Å². The summed E-state index contributed by atoms with van der Waals surface area (Å²) < 4.78 is 31.7. The van der Waals surface area contributed by atoms with Crippen molar-refractivity contribution in [2.75, 3.05) is 44.2 Å². The predicted octanol–water partition coefficient (Wildman–Crippen LogP) is 0.880. The summed E-state index contributed by atoms with van der Waals surface area (Å²) in [5.41, 5.74) is 0. The number of sulfonamides is 1. The monoisotopic (exact) mass is 392 g/mol. The van der Waals surface area contributed by atoms with Crippen molar-refractivity contribution < 1.29 is 12.9 Å². The largest absolute Gasteiger partial charge is 0.354 e. The third kappa shape index (κ3) is 3.97. The number of piperazine rings is 1. The maximum Gasteiger partial charge on any atom is 0.244 e. The zero-order valence-corrected chi connectivity index (χ0v) is 16.2. The molecule has 0 N–H and O–H groups in total. The second-order valence-corrected chi connectivity index (χ2v) is 8.89. The topological polar surface area (TPSA) is 95.7 Å². The van der Waals surface area contributed by atoms with Crippen molar-refractivity contribution in [3.63, 3.8) is 0 Å². The molecule has 0 radical (unpaired) electrons. The summed E-state index contributed by atoms with van der Waals surface area (Å²) in [6.07, 6.45) is 3.34. The summed E-state index contributed by atoms with van der Waals surface area (Å²) in [5, 5.41) is 3.94. The van der Waals surface area contributed by atoms with E-state index in [1.54, 1.807) is 23.4 Å². The molecule has 0 spiro atoms. The number of anilines is 1. The number of rotatable bonds is 5. The van der Waals surface area contributed by atoms with Gasteiger partial charge in [-0.2, -0.15) is 9.29 Å². The van der Waals surface area contributed by atoms with Gasteiger partial charge in [0.25, 0.3) is 0 Å². The third-order valence-corrected chi connectivity index (χ3v) is 6.94. The van der Waals surface area contributed by atoms with Gasteiger partial charge in [0.1, 0.15) is 10.7 Å². The first kappa shape index (κ1) is 18.3. The van der Waals surface area contributed by atoms with Gasteiger partial charge in [0, 0.05) is 52.4 Å². The molecule has 0 aliphatic carbocycles. The number of pyridine rings is 1. The molecule has 0 bridgehead atoms. The highest BCUT2D eigenvalue weighted by Crippen LogP contribution is 2.22. The van der Waals surface area contributed by atoms with Crippen LogP contribution in [-0.2, 0) is 16.6 Å². The van der Waals surface area contributed by atoms with Crippen LogP contribution in [0, 0.1) is 6.92 Å². The second kappa shape index (κ2) is 7.53. The van der Waals surface area contributed by atoms with Crippen LogP contribution in [0.5, 0.6) is 0 Å². The Labute approximate surface area is 159 Å². The molecule has 0 aromatic carbocycles. The molecular weight excluding hydrogens is 368 g/mol. The van der Waals surface area contributed by atoms with E-state index in [4.69, 9.17) is 4.52 Å². The first-order chi connectivity index (χ1) is 13.0. The van der Waals surface area contributed by atoms with E-state index in [-0.39, 0.29) is 4.90 Å². The van der Waals surface area contributed by atoms with Crippen LogP contribution in [0.3, 0.4) is 0 Å². The lowest BCUT2D eigenvalue weighted by molar-refractivity contribution is 0.239. The molecule has 2 aromatic heterocycles. The molecule has 4 rings (SSSR count). The molecule has 0 saturated carbocycles. The van der Waals surface area contributed by atoms with E-state index < -0.39 is 10.0 Å². The van der Waals surface area contributed by atoms with Gasteiger partial charge in [-0.05, 0) is 25.0 Å². The van der Waals surface area contributed by atoms with Gasteiger partial charge in [-0.3, -0.25) is 4.90 Å². The van der Waals surface area contributed by atoms with E-state index in [9.17, 15) is 8.42 Å². The highest BCUT2D eigenvalue weighted by Gasteiger charge is 2.28. The van der Waals surface area contributed by atoms with Crippen molar-refractivity contribution in [2.24, 2.45) is 0 Å². The quantitative estimate of drug-likeness (QED) is 0.740. The average molecular weight is 392 g/mol. The molecule has 0 unspecified atom stereocenters. The lowest BCUT2D eigenvalue weighted by Crippen LogP contribution is -2.46. The molecule has 10 heteroatoms. The molecule has 27 heavy (non-hydrogen) atoms. The Balaban J connectivity index is 1.36. The molecule has 2 aromatic rings. The minimum Gasteiger partial charge on any atom is -0.354 e. The minimum atomic E-state index is -3.41. The maximum atomic E-state index is 12.6. The molecule has 0 atom stereocenters. The standard InChI is InChI=1S/C17H24N6O3S/c1-14-19-16(20-26-14)13-21-8-10-22(11-9-21)17-5-4-15(12-18-17)27(24,25)23-6-2-3-7-23/h4-5,12H,2-3,6-11,13H2,1H3. The molecule has 146 valence electrons. The molecule has 9 nitrogen and oxygen atoms in total. The molecule has 0 amide bonds. The Hall–Kier alpha value is -2.04. The van der Waals surface area contributed by atoms with E-state index in [2.05, 4.69) is 24.9 Å². The molecule has 2 aliphatic rings. The van der Waals surface area contributed by atoms with Crippen molar-refractivity contribution >= 4 is 15.8 Å². The number of hydrogen-bond donors (Lipinski definition) is 0. The van der Waals surface area contributed by atoms with Gasteiger partial charge in [-0.15, -0.1) is 0 Å². The summed E-state index contributed by atoms with van der Waals surface area (Å²) in [4.78, 5) is 13.4. The van der Waals surface area contributed by atoms with Gasteiger partial charge in [0.15, 0.2) is 5.82 Å². The van der Waals surface area contributed by atoms with Gasteiger partial charge >= 0.3 is 0 Å². The van der Waals surface area contributed by atoms with Crippen LogP contribution in [0.25, 0.3) is 0 Å². The maximum absolute atomic E-state index is 12.6. The van der Waals surface area contributed by atoms with Gasteiger partial charge in [-0.1, -0.05) is 5.16 Å². The second-order valence-electron chi connectivity index (χ2n) is 6.96. The van der Waals surface area contributed by atoms with Gasteiger partial charge in [-0.25, -0.2) is 13.4 Å². The zero-order chi connectivity index (χ0) is 18.9. The normalized spacial score (nSPS) is 19.7. The van der Waals surface area contributed by atoms with Crippen LogP contribution >= 0.6 is 0 Å². The van der Waals surface area contributed by atoms with Gasteiger partial charge in [0.05, 0.1) is 6.54 Å². The average Bonchev–Trinajstić information content (AvgIpc) is 3.35. The van der Waals surface area contributed by atoms with Crippen molar-refractivity contribution in [3.05, 3.63) is 30.0 Å². The summed E-state index contributed by atoms with van der Waals surface area (Å²) in [6.45, 7) is 7.04. The van der Waals surface area contributed by atoms with Crippen LogP contribution in [0.4, 0.5) is 5.82 Å². The first-order valence-electron chi connectivity index (χ1n) is 9.25. The van der Waals surface area contributed by atoms with Crippen LogP contribution in [0.2, 0.25) is 0 Å². The summed E-state index contributed by atoms with van der Waals surface area (Å²) in [5.74, 6) is 2.10. The molecule has 2 saturated heterocycles. The van der Waals surface area contributed by atoms with Crippen molar-refractivity contribution in [1.29, 1.82) is 0 Å². The molecule has 2 aliphatic heterocycles. The Morgan fingerprint density at radius 2 is 1.81 bits per heavy atom.